The van der Waals surface area contributed by atoms with E-state index >= 15 is 0 Å². The molecule has 2 atom stereocenters. The van der Waals surface area contributed by atoms with Crippen LogP contribution in [0.5, 0.6) is 0 Å². The summed E-state index contributed by atoms with van der Waals surface area (Å²) in [5, 5.41) is 3.21. The summed E-state index contributed by atoms with van der Waals surface area (Å²) < 4.78 is 20.5. The molecule has 100 valence electrons. The number of halogens is 2. The van der Waals surface area contributed by atoms with Crippen molar-refractivity contribution in [3.8, 4) is 0 Å². The number of hydrogen-bond acceptors (Lipinski definition) is 2. The highest BCUT2D eigenvalue weighted by molar-refractivity contribution is 9.10. The van der Waals surface area contributed by atoms with E-state index in [0.29, 0.717) is 22.6 Å². The SMILES string of the molecule is CCOC(C1CC1)C(NC)c1cccc(Br)c1F. The second-order valence-corrected chi connectivity index (χ2v) is 5.52. The van der Waals surface area contributed by atoms with Crippen molar-refractivity contribution in [2.24, 2.45) is 5.92 Å². The number of rotatable bonds is 6. The molecule has 0 amide bonds. The van der Waals surface area contributed by atoms with Gasteiger partial charge in [0.15, 0.2) is 0 Å². The van der Waals surface area contributed by atoms with Gasteiger partial charge in [-0.3, -0.25) is 0 Å². The lowest BCUT2D eigenvalue weighted by Crippen LogP contribution is -2.34. The Balaban J connectivity index is 2.28. The van der Waals surface area contributed by atoms with Crippen LogP contribution in [0.4, 0.5) is 4.39 Å². The lowest BCUT2D eigenvalue weighted by Gasteiger charge is -2.27. The van der Waals surface area contributed by atoms with Crippen LogP contribution in [0, 0.1) is 11.7 Å². The van der Waals surface area contributed by atoms with Crippen molar-refractivity contribution < 1.29 is 9.13 Å². The molecule has 2 unspecified atom stereocenters. The van der Waals surface area contributed by atoms with Gasteiger partial charge in [0.05, 0.1) is 16.6 Å². The van der Waals surface area contributed by atoms with Gasteiger partial charge in [0.2, 0.25) is 0 Å². The van der Waals surface area contributed by atoms with E-state index < -0.39 is 0 Å². The largest absolute Gasteiger partial charge is 0.376 e. The molecule has 0 radical (unpaired) electrons. The first-order chi connectivity index (χ1) is 8.69. The fourth-order valence-electron chi connectivity index (χ4n) is 2.38. The van der Waals surface area contributed by atoms with Crippen molar-refractivity contribution >= 4 is 15.9 Å². The maximum absolute atomic E-state index is 14.2. The topological polar surface area (TPSA) is 21.3 Å². The van der Waals surface area contributed by atoms with Gasteiger partial charge in [0.25, 0.3) is 0 Å². The number of benzene rings is 1. The zero-order valence-corrected chi connectivity index (χ0v) is 12.3. The molecular weight excluding hydrogens is 297 g/mol. The molecule has 1 aromatic rings. The molecule has 1 aromatic carbocycles. The molecule has 1 N–H and O–H groups in total. The fourth-order valence-corrected chi connectivity index (χ4v) is 2.76. The van der Waals surface area contributed by atoms with Gasteiger partial charge in [-0.1, -0.05) is 12.1 Å². The summed E-state index contributed by atoms with van der Waals surface area (Å²) in [6.07, 6.45) is 2.42. The van der Waals surface area contributed by atoms with E-state index in [1.54, 1.807) is 6.07 Å². The molecule has 18 heavy (non-hydrogen) atoms. The summed E-state index contributed by atoms with van der Waals surface area (Å²) in [7, 11) is 1.86. The Morgan fingerprint density at radius 1 is 1.50 bits per heavy atom. The minimum absolute atomic E-state index is 0.0591. The molecule has 1 aliphatic rings. The summed E-state index contributed by atoms with van der Waals surface area (Å²) in [6, 6.07) is 5.33. The first-order valence-corrected chi connectivity index (χ1v) is 7.21. The average molecular weight is 316 g/mol. The Morgan fingerprint density at radius 2 is 2.22 bits per heavy atom. The number of nitrogens with one attached hydrogen (secondary N) is 1. The van der Waals surface area contributed by atoms with Crippen molar-refractivity contribution in [3.63, 3.8) is 0 Å². The van der Waals surface area contributed by atoms with Crippen LogP contribution in [0.2, 0.25) is 0 Å². The predicted octanol–water partition coefficient (Wildman–Crippen LogP) is 3.66. The molecule has 0 spiro atoms. The maximum Gasteiger partial charge on any atom is 0.142 e. The molecule has 1 saturated carbocycles. The van der Waals surface area contributed by atoms with Gasteiger partial charge in [-0.05, 0) is 54.7 Å². The second-order valence-electron chi connectivity index (χ2n) is 4.67. The van der Waals surface area contributed by atoms with Crippen LogP contribution in [0.15, 0.2) is 22.7 Å². The highest BCUT2D eigenvalue weighted by Crippen LogP contribution is 2.40. The molecule has 4 heteroatoms. The second kappa shape index (κ2) is 6.13. The van der Waals surface area contributed by atoms with E-state index in [0.717, 1.165) is 0 Å². The summed E-state index contributed by atoms with van der Waals surface area (Å²) >= 11 is 3.24. The third kappa shape index (κ3) is 2.92. The third-order valence-electron chi connectivity index (χ3n) is 3.40. The molecule has 0 aromatic heterocycles. The summed E-state index contributed by atoms with van der Waals surface area (Å²) in [5.74, 6) is 0.364. The lowest BCUT2D eigenvalue weighted by atomic mass is 9.97. The monoisotopic (exact) mass is 315 g/mol. The predicted molar refractivity (Wildman–Crippen MR) is 74.0 cm³/mol. The van der Waals surface area contributed by atoms with Crippen LogP contribution in [0.1, 0.15) is 31.4 Å². The Morgan fingerprint density at radius 3 is 2.78 bits per heavy atom. The van der Waals surface area contributed by atoms with E-state index in [4.69, 9.17) is 4.74 Å². The lowest BCUT2D eigenvalue weighted by molar-refractivity contribution is 0.0196. The zero-order valence-electron chi connectivity index (χ0n) is 10.7. The van der Waals surface area contributed by atoms with Crippen LogP contribution < -0.4 is 5.32 Å². The van der Waals surface area contributed by atoms with Crippen molar-refractivity contribution in [1.82, 2.24) is 5.32 Å². The third-order valence-corrected chi connectivity index (χ3v) is 4.01. The van der Waals surface area contributed by atoms with Crippen LogP contribution in [0.3, 0.4) is 0 Å². The molecule has 2 nitrogen and oxygen atoms in total. The normalized spacial score (nSPS) is 18.7. The Labute approximate surface area is 116 Å². The van der Waals surface area contributed by atoms with Crippen molar-refractivity contribution in [2.45, 2.75) is 31.9 Å². The van der Waals surface area contributed by atoms with E-state index in [1.165, 1.54) is 12.8 Å². The molecular formula is C14H19BrFNO. The fraction of sp³-hybridized carbons (Fsp3) is 0.571. The summed E-state index contributed by atoms with van der Waals surface area (Å²) in [5.41, 5.74) is 0.678. The number of ether oxygens (including phenoxy) is 1. The van der Waals surface area contributed by atoms with Gasteiger partial charge in [0.1, 0.15) is 5.82 Å². The highest BCUT2D eigenvalue weighted by atomic mass is 79.9. The average Bonchev–Trinajstić information content (AvgIpc) is 3.18. The summed E-state index contributed by atoms with van der Waals surface area (Å²) in [4.78, 5) is 0. The summed E-state index contributed by atoms with van der Waals surface area (Å²) in [6.45, 7) is 2.65. The van der Waals surface area contributed by atoms with E-state index in [2.05, 4.69) is 21.2 Å². The first kappa shape index (κ1) is 14.0. The van der Waals surface area contributed by atoms with Crippen molar-refractivity contribution in [2.75, 3.05) is 13.7 Å². The molecule has 0 aliphatic heterocycles. The molecule has 1 aliphatic carbocycles. The van der Waals surface area contributed by atoms with Crippen LogP contribution in [-0.4, -0.2) is 19.8 Å². The maximum atomic E-state index is 14.2. The van der Waals surface area contributed by atoms with Crippen molar-refractivity contribution in [1.29, 1.82) is 0 Å². The smallest absolute Gasteiger partial charge is 0.142 e. The van der Waals surface area contributed by atoms with Gasteiger partial charge in [-0.2, -0.15) is 0 Å². The minimum atomic E-state index is -0.192. The van der Waals surface area contributed by atoms with Gasteiger partial charge < -0.3 is 10.1 Å². The standard InChI is InChI=1S/C14H19BrFNO/c1-3-18-14(9-7-8-9)13(17-2)10-5-4-6-11(15)12(10)16/h4-6,9,13-14,17H,3,7-8H2,1-2H3. The first-order valence-electron chi connectivity index (χ1n) is 6.41. The van der Waals surface area contributed by atoms with Gasteiger partial charge in [-0.15, -0.1) is 0 Å². The molecule has 0 saturated heterocycles. The van der Waals surface area contributed by atoms with Gasteiger partial charge >= 0.3 is 0 Å². The zero-order chi connectivity index (χ0) is 13.1. The van der Waals surface area contributed by atoms with Crippen LogP contribution in [0.25, 0.3) is 0 Å². The van der Waals surface area contributed by atoms with Crippen LogP contribution >= 0.6 is 15.9 Å². The molecule has 0 bridgehead atoms. The van der Waals surface area contributed by atoms with Crippen molar-refractivity contribution in [3.05, 3.63) is 34.1 Å². The number of hydrogen-bond donors (Lipinski definition) is 1. The van der Waals surface area contributed by atoms with Crippen LogP contribution in [-0.2, 0) is 4.74 Å². The van der Waals surface area contributed by atoms with Gasteiger partial charge in [-0.25, -0.2) is 4.39 Å². The van der Waals surface area contributed by atoms with E-state index in [-0.39, 0.29) is 18.0 Å². The molecule has 1 fully saturated rings. The Bertz CT molecular complexity index is 409. The van der Waals surface area contributed by atoms with E-state index in [9.17, 15) is 4.39 Å². The van der Waals surface area contributed by atoms with E-state index in [1.807, 2.05) is 26.1 Å². The number of likely N-dealkylation sites (N-methyl/N-ethyl adjacent to an activating group) is 1. The molecule has 0 heterocycles. The van der Waals surface area contributed by atoms with Gasteiger partial charge in [0, 0.05) is 12.2 Å². The quantitative estimate of drug-likeness (QED) is 0.865. The Kier molecular flexibility index (Phi) is 4.76. The minimum Gasteiger partial charge on any atom is -0.376 e. The highest BCUT2D eigenvalue weighted by Gasteiger charge is 2.38. The molecule has 2 rings (SSSR count). The Hall–Kier alpha value is -0.450.